The van der Waals surface area contributed by atoms with Gasteiger partial charge in [-0.3, -0.25) is 4.79 Å². The Morgan fingerprint density at radius 3 is 2.61 bits per heavy atom. The van der Waals surface area contributed by atoms with Gasteiger partial charge in [0, 0.05) is 0 Å². The number of hydrogen-bond donors (Lipinski definition) is 1. The number of nitrogens with zero attached hydrogens (tertiary/aromatic N) is 1. The minimum absolute atomic E-state index is 0.0210. The first kappa shape index (κ1) is 16.6. The number of para-hydroxylation sites is 1. The first-order valence-electron chi connectivity index (χ1n) is 7.45. The summed E-state index contributed by atoms with van der Waals surface area (Å²) in [6, 6.07) is 14.8. The third kappa shape index (κ3) is 4.13. The average Bonchev–Trinajstić information content (AvgIpc) is 3.02. The van der Waals surface area contributed by atoms with E-state index in [1.165, 1.54) is 0 Å². The average molecular weight is 312 g/mol. The van der Waals surface area contributed by atoms with Gasteiger partial charge in [0.1, 0.15) is 23.7 Å². The van der Waals surface area contributed by atoms with Crippen molar-refractivity contribution in [3.8, 4) is 11.8 Å². The summed E-state index contributed by atoms with van der Waals surface area (Å²) in [5.41, 5.74) is -0.940. The van der Waals surface area contributed by atoms with Crippen LogP contribution in [0.15, 0.2) is 46.9 Å². The summed E-state index contributed by atoms with van der Waals surface area (Å²) in [5, 5.41) is 12.0. The molecule has 0 saturated carbocycles. The van der Waals surface area contributed by atoms with Crippen LogP contribution in [-0.4, -0.2) is 11.4 Å². The zero-order valence-corrected chi connectivity index (χ0v) is 13.5. The van der Waals surface area contributed by atoms with Gasteiger partial charge in [-0.05, 0) is 37.1 Å². The minimum Gasteiger partial charge on any atom is -0.486 e. The van der Waals surface area contributed by atoms with E-state index in [-0.39, 0.29) is 18.3 Å². The summed E-state index contributed by atoms with van der Waals surface area (Å²) in [6.07, 6.45) is 0. The minimum atomic E-state index is -0.940. The Balaban J connectivity index is 1.99. The van der Waals surface area contributed by atoms with Crippen molar-refractivity contribution in [1.82, 2.24) is 5.32 Å². The van der Waals surface area contributed by atoms with Crippen LogP contribution in [0.2, 0.25) is 0 Å². The molecule has 1 atom stereocenters. The van der Waals surface area contributed by atoms with Gasteiger partial charge in [0.25, 0.3) is 5.91 Å². The standard InChI is InChI=1S/C18H20N2O3/c1-13(2)18(3,12-19)20-17(21)16-10-9-15(23-16)11-22-14-7-5-4-6-8-14/h4-10,13H,11H2,1-3H3,(H,20,21)/t18-/m1/s1. The van der Waals surface area contributed by atoms with Gasteiger partial charge in [-0.15, -0.1) is 0 Å². The van der Waals surface area contributed by atoms with E-state index in [0.29, 0.717) is 5.76 Å². The van der Waals surface area contributed by atoms with Crippen molar-refractivity contribution < 1.29 is 13.9 Å². The van der Waals surface area contributed by atoms with Crippen LogP contribution < -0.4 is 10.1 Å². The van der Waals surface area contributed by atoms with Crippen LogP contribution in [0.4, 0.5) is 0 Å². The van der Waals surface area contributed by atoms with E-state index in [1.54, 1.807) is 19.1 Å². The van der Waals surface area contributed by atoms with Gasteiger partial charge in [-0.2, -0.15) is 5.26 Å². The van der Waals surface area contributed by atoms with Crippen molar-refractivity contribution in [2.75, 3.05) is 0 Å². The lowest BCUT2D eigenvalue weighted by molar-refractivity contribution is 0.0875. The first-order valence-corrected chi connectivity index (χ1v) is 7.45. The predicted molar refractivity (Wildman–Crippen MR) is 85.8 cm³/mol. The summed E-state index contributed by atoms with van der Waals surface area (Å²) in [6.45, 7) is 5.68. The van der Waals surface area contributed by atoms with E-state index in [4.69, 9.17) is 9.15 Å². The number of hydrogen-bond acceptors (Lipinski definition) is 4. The molecule has 2 rings (SSSR count). The van der Waals surface area contributed by atoms with Gasteiger partial charge in [0.05, 0.1) is 6.07 Å². The molecular weight excluding hydrogens is 292 g/mol. The maximum atomic E-state index is 12.2. The summed E-state index contributed by atoms with van der Waals surface area (Å²) in [7, 11) is 0. The Hall–Kier alpha value is -2.74. The summed E-state index contributed by atoms with van der Waals surface area (Å²) in [4.78, 5) is 12.2. The third-order valence-corrected chi connectivity index (χ3v) is 3.77. The largest absolute Gasteiger partial charge is 0.486 e. The molecule has 2 aromatic rings. The molecule has 5 nitrogen and oxygen atoms in total. The van der Waals surface area contributed by atoms with Crippen LogP contribution in [-0.2, 0) is 6.61 Å². The Bertz CT molecular complexity index is 701. The number of ether oxygens (including phenoxy) is 1. The van der Waals surface area contributed by atoms with E-state index >= 15 is 0 Å². The molecule has 1 heterocycles. The smallest absolute Gasteiger partial charge is 0.288 e. The van der Waals surface area contributed by atoms with Crippen molar-refractivity contribution >= 4 is 5.91 Å². The Morgan fingerprint density at radius 2 is 2.00 bits per heavy atom. The fourth-order valence-electron chi connectivity index (χ4n) is 1.85. The molecule has 120 valence electrons. The lowest BCUT2D eigenvalue weighted by Crippen LogP contribution is -2.48. The normalized spacial score (nSPS) is 13.2. The molecule has 0 saturated heterocycles. The van der Waals surface area contributed by atoms with Crippen molar-refractivity contribution in [3.05, 3.63) is 54.0 Å². The molecule has 0 radical (unpaired) electrons. The maximum Gasteiger partial charge on any atom is 0.288 e. The fourth-order valence-corrected chi connectivity index (χ4v) is 1.85. The van der Waals surface area contributed by atoms with Gasteiger partial charge in [-0.25, -0.2) is 0 Å². The fraction of sp³-hybridized carbons (Fsp3) is 0.333. The number of nitrogens with one attached hydrogen (secondary N) is 1. The van der Waals surface area contributed by atoms with Crippen molar-refractivity contribution in [2.24, 2.45) is 5.92 Å². The Kier molecular flexibility index (Phi) is 5.07. The van der Waals surface area contributed by atoms with Crippen molar-refractivity contribution in [3.63, 3.8) is 0 Å². The molecule has 23 heavy (non-hydrogen) atoms. The van der Waals surface area contributed by atoms with E-state index in [9.17, 15) is 10.1 Å². The summed E-state index contributed by atoms with van der Waals surface area (Å²) in [5.74, 6) is 1.01. The molecular formula is C18H20N2O3. The second-order valence-electron chi connectivity index (χ2n) is 5.79. The topological polar surface area (TPSA) is 75.3 Å². The van der Waals surface area contributed by atoms with E-state index < -0.39 is 11.4 Å². The highest BCUT2D eigenvalue weighted by Gasteiger charge is 2.31. The number of amides is 1. The van der Waals surface area contributed by atoms with Crippen LogP contribution >= 0.6 is 0 Å². The number of benzene rings is 1. The van der Waals surface area contributed by atoms with Crippen LogP contribution in [0.5, 0.6) is 5.75 Å². The zero-order chi connectivity index (χ0) is 16.9. The zero-order valence-electron chi connectivity index (χ0n) is 13.5. The molecule has 5 heteroatoms. The highest BCUT2D eigenvalue weighted by atomic mass is 16.5. The quantitative estimate of drug-likeness (QED) is 0.885. The third-order valence-electron chi connectivity index (χ3n) is 3.77. The molecule has 0 unspecified atom stereocenters. The molecule has 0 aliphatic rings. The van der Waals surface area contributed by atoms with Crippen molar-refractivity contribution in [2.45, 2.75) is 32.9 Å². The first-order chi connectivity index (χ1) is 10.9. The SMILES string of the molecule is CC(C)[C@@](C)(C#N)NC(=O)c1ccc(COc2ccccc2)o1. The number of nitriles is 1. The van der Waals surface area contributed by atoms with Gasteiger partial charge >= 0.3 is 0 Å². The number of rotatable bonds is 6. The summed E-state index contributed by atoms with van der Waals surface area (Å²) < 4.78 is 11.1. The molecule has 0 bridgehead atoms. The molecule has 0 fully saturated rings. The predicted octanol–water partition coefficient (Wildman–Crippen LogP) is 3.53. The van der Waals surface area contributed by atoms with Gasteiger partial charge in [-0.1, -0.05) is 32.0 Å². The van der Waals surface area contributed by atoms with Gasteiger partial charge in [0.15, 0.2) is 5.76 Å². The number of furan rings is 1. The molecule has 1 aromatic heterocycles. The second-order valence-corrected chi connectivity index (χ2v) is 5.79. The van der Waals surface area contributed by atoms with Gasteiger partial charge < -0.3 is 14.5 Å². The van der Waals surface area contributed by atoms with Crippen LogP contribution in [0.3, 0.4) is 0 Å². The second kappa shape index (κ2) is 7.01. The Morgan fingerprint density at radius 1 is 1.30 bits per heavy atom. The monoisotopic (exact) mass is 312 g/mol. The van der Waals surface area contributed by atoms with Crippen LogP contribution in [0, 0.1) is 17.2 Å². The highest BCUT2D eigenvalue weighted by Crippen LogP contribution is 2.18. The summed E-state index contributed by atoms with van der Waals surface area (Å²) >= 11 is 0. The number of carbonyl (C=O) groups excluding carboxylic acids is 1. The number of carbonyl (C=O) groups is 1. The molecule has 0 aliphatic heterocycles. The van der Waals surface area contributed by atoms with Crippen molar-refractivity contribution in [1.29, 1.82) is 5.26 Å². The Labute approximate surface area is 135 Å². The van der Waals surface area contributed by atoms with E-state index in [2.05, 4.69) is 11.4 Å². The molecule has 1 aromatic carbocycles. The molecule has 0 spiro atoms. The lowest BCUT2D eigenvalue weighted by Gasteiger charge is -2.26. The molecule has 0 aliphatic carbocycles. The molecule has 1 N–H and O–H groups in total. The highest BCUT2D eigenvalue weighted by molar-refractivity contribution is 5.92. The van der Waals surface area contributed by atoms with E-state index in [0.717, 1.165) is 5.75 Å². The van der Waals surface area contributed by atoms with Gasteiger partial charge in [0.2, 0.25) is 0 Å². The molecule has 1 amide bonds. The van der Waals surface area contributed by atoms with Crippen LogP contribution in [0.25, 0.3) is 0 Å². The maximum absolute atomic E-state index is 12.2. The van der Waals surface area contributed by atoms with E-state index in [1.807, 2.05) is 44.2 Å². The lowest BCUT2D eigenvalue weighted by atomic mass is 9.90. The van der Waals surface area contributed by atoms with Crippen LogP contribution in [0.1, 0.15) is 37.1 Å².